The Kier molecular flexibility index (Phi) is 4.95. The van der Waals surface area contributed by atoms with Gasteiger partial charge in [0.2, 0.25) is 0 Å². The van der Waals surface area contributed by atoms with Crippen molar-refractivity contribution in [2.24, 2.45) is 11.7 Å². The van der Waals surface area contributed by atoms with Gasteiger partial charge in [0, 0.05) is 19.1 Å². The van der Waals surface area contributed by atoms with Crippen LogP contribution in [0.1, 0.15) is 19.8 Å². The van der Waals surface area contributed by atoms with E-state index in [9.17, 15) is 9.18 Å². The summed E-state index contributed by atoms with van der Waals surface area (Å²) in [7, 11) is 0. The Balaban J connectivity index is 1.87. The molecule has 1 aliphatic heterocycles. The molecular formula is C15H21FN2O2. The van der Waals surface area contributed by atoms with Gasteiger partial charge in [0.25, 0.3) is 5.91 Å². The highest BCUT2D eigenvalue weighted by Gasteiger charge is 2.26. The van der Waals surface area contributed by atoms with Crippen molar-refractivity contribution in [3.05, 3.63) is 30.1 Å². The van der Waals surface area contributed by atoms with E-state index in [1.807, 2.05) is 6.92 Å². The summed E-state index contributed by atoms with van der Waals surface area (Å²) in [4.78, 5) is 13.9. The minimum absolute atomic E-state index is 0.0816. The van der Waals surface area contributed by atoms with Gasteiger partial charge in [-0.05, 0) is 37.8 Å². The van der Waals surface area contributed by atoms with Crippen LogP contribution in [0.3, 0.4) is 0 Å². The monoisotopic (exact) mass is 280 g/mol. The van der Waals surface area contributed by atoms with Crippen molar-refractivity contribution in [2.45, 2.75) is 25.8 Å². The normalized spacial score (nSPS) is 20.6. The number of nitrogens with zero attached hydrogens (tertiary/aromatic N) is 1. The number of carbonyl (C=O) groups is 1. The number of benzene rings is 1. The van der Waals surface area contributed by atoms with E-state index in [1.54, 1.807) is 17.0 Å². The fraction of sp³-hybridized carbons (Fsp3) is 0.533. The van der Waals surface area contributed by atoms with Gasteiger partial charge < -0.3 is 15.4 Å². The van der Waals surface area contributed by atoms with Crippen LogP contribution in [0.4, 0.5) is 4.39 Å². The van der Waals surface area contributed by atoms with Crippen molar-refractivity contribution in [3.8, 4) is 5.75 Å². The number of ether oxygens (including phenoxy) is 1. The molecule has 1 aromatic carbocycles. The molecule has 0 aromatic heterocycles. The van der Waals surface area contributed by atoms with Gasteiger partial charge in [0.1, 0.15) is 0 Å². The number of halogens is 1. The van der Waals surface area contributed by atoms with Crippen molar-refractivity contribution in [2.75, 3.05) is 19.7 Å². The van der Waals surface area contributed by atoms with Crippen LogP contribution in [-0.2, 0) is 4.79 Å². The molecule has 1 heterocycles. The summed E-state index contributed by atoms with van der Waals surface area (Å²) in [6.07, 6.45) is 2.01. The summed E-state index contributed by atoms with van der Waals surface area (Å²) in [6, 6.07) is 6.17. The fourth-order valence-corrected chi connectivity index (χ4v) is 2.46. The van der Waals surface area contributed by atoms with Crippen LogP contribution in [0.2, 0.25) is 0 Å². The highest BCUT2D eigenvalue weighted by Crippen LogP contribution is 2.19. The van der Waals surface area contributed by atoms with Crippen molar-refractivity contribution in [1.29, 1.82) is 0 Å². The second-order valence-electron chi connectivity index (χ2n) is 5.32. The Hall–Kier alpha value is -1.62. The molecule has 0 radical (unpaired) electrons. The van der Waals surface area contributed by atoms with Gasteiger partial charge in [-0.2, -0.15) is 0 Å². The number of carbonyl (C=O) groups excluding carboxylic acids is 1. The maximum atomic E-state index is 13.4. The van der Waals surface area contributed by atoms with Crippen molar-refractivity contribution < 1.29 is 13.9 Å². The Morgan fingerprint density at radius 1 is 1.55 bits per heavy atom. The summed E-state index contributed by atoms with van der Waals surface area (Å²) < 4.78 is 18.6. The molecule has 1 saturated heterocycles. The van der Waals surface area contributed by atoms with E-state index in [2.05, 4.69) is 0 Å². The lowest BCUT2D eigenvalue weighted by Crippen LogP contribution is -2.46. The van der Waals surface area contributed by atoms with E-state index in [0.717, 1.165) is 19.4 Å². The van der Waals surface area contributed by atoms with Crippen LogP contribution in [0.5, 0.6) is 5.75 Å². The number of hydrogen-bond acceptors (Lipinski definition) is 3. The van der Waals surface area contributed by atoms with Crippen LogP contribution in [0.15, 0.2) is 24.3 Å². The van der Waals surface area contributed by atoms with Crippen LogP contribution in [0.25, 0.3) is 0 Å². The van der Waals surface area contributed by atoms with Crippen LogP contribution in [-0.4, -0.2) is 36.5 Å². The third kappa shape index (κ3) is 3.70. The number of piperidine rings is 1. The Morgan fingerprint density at radius 2 is 2.30 bits per heavy atom. The topological polar surface area (TPSA) is 55.6 Å². The van der Waals surface area contributed by atoms with Crippen LogP contribution < -0.4 is 10.5 Å². The summed E-state index contributed by atoms with van der Waals surface area (Å²) >= 11 is 0. The average Bonchev–Trinajstić information content (AvgIpc) is 2.46. The molecule has 0 saturated carbocycles. The van der Waals surface area contributed by atoms with Gasteiger partial charge in [-0.25, -0.2) is 4.39 Å². The molecule has 1 fully saturated rings. The Bertz CT molecular complexity index is 465. The predicted octanol–water partition coefficient (Wildman–Crippen LogP) is 1.79. The molecule has 0 aliphatic carbocycles. The van der Waals surface area contributed by atoms with Crippen molar-refractivity contribution >= 4 is 5.91 Å². The molecule has 2 N–H and O–H groups in total. The van der Waals surface area contributed by atoms with Gasteiger partial charge in [-0.15, -0.1) is 0 Å². The zero-order valence-electron chi connectivity index (χ0n) is 11.7. The van der Waals surface area contributed by atoms with Crippen molar-refractivity contribution in [3.63, 3.8) is 0 Å². The molecule has 2 atom stereocenters. The largest absolute Gasteiger partial charge is 0.481 e. The van der Waals surface area contributed by atoms with E-state index < -0.39 is 5.82 Å². The van der Waals surface area contributed by atoms with E-state index >= 15 is 0 Å². The Labute approximate surface area is 118 Å². The summed E-state index contributed by atoms with van der Waals surface area (Å²) in [5, 5.41) is 0. The first-order chi connectivity index (χ1) is 9.58. The van der Waals surface area contributed by atoms with E-state index in [-0.39, 0.29) is 24.3 Å². The maximum Gasteiger partial charge on any atom is 0.260 e. The maximum absolute atomic E-state index is 13.4. The lowest BCUT2D eigenvalue weighted by atomic mass is 9.92. The van der Waals surface area contributed by atoms with Gasteiger partial charge in [0.15, 0.2) is 18.2 Å². The number of rotatable bonds is 4. The average molecular weight is 280 g/mol. The molecule has 2 rings (SSSR count). The molecule has 20 heavy (non-hydrogen) atoms. The summed E-state index contributed by atoms with van der Waals surface area (Å²) in [5.74, 6) is -0.117. The smallest absolute Gasteiger partial charge is 0.260 e. The van der Waals surface area contributed by atoms with Crippen LogP contribution >= 0.6 is 0 Å². The van der Waals surface area contributed by atoms with Gasteiger partial charge in [0.05, 0.1) is 0 Å². The first-order valence-electron chi connectivity index (χ1n) is 6.98. The molecule has 2 unspecified atom stereocenters. The second kappa shape index (κ2) is 6.70. The number of para-hydroxylation sites is 1. The first-order valence-corrected chi connectivity index (χ1v) is 6.98. The minimum Gasteiger partial charge on any atom is -0.481 e. The number of nitrogens with two attached hydrogens (primary N) is 1. The standard InChI is InChI=1S/C15H21FN2O2/c1-11(17)12-5-4-8-18(9-12)15(19)10-20-14-7-3-2-6-13(14)16/h2-3,6-7,11-12H,4-5,8-10,17H2,1H3. The van der Waals surface area contributed by atoms with E-state index in [1.165, 1.54) is 12.1 Å². The second-order valence-corrected chi connectivity index (χ2v) is 5.32. The van der Waals surface area contributed by atoms with Gasteiger partial charge in [-0.1, -0.05) is 12.1 Å². The minimum atomic E-state index is -0.451. The molecule has 110 valence electrons. The van der Waals surface area contributed by atoms with E-state index in [4.69, 9.17) is 10.5 Å². The first kappa shape index (κ1) is 14.8. The molecule has 1 aliphatic rings. The number of amides is 1. The Morgan fingerprint density at radius 3 is 3.00 bits per heavy atom. The zero-order valence-corrected chi connectivity index (χ0v) is 11.7. The van der Waals surface area contributed by atoms with Crippen molar-refractivity contribution in [1.82, 2.24) is 4.90 Å². The van der Waals surface area contributed by atoms with Crippen LogP contribution in [0, 0.1) is 11.7 Å². The number of hydrogen-bond donors (Lipinski definition) is 1. The number of likely N-dealkylation sites (tertiary alicyclic amines) is 1. The molecule has 4 nitrogen and oxygen atoms in total. The zero-order chi connectivity index (χ0) is 14.5. The molecule has 1 aromatic rings. The summed E-state index contributed by atoms with van der Waals surface area (Å²) in [5.41, 5.74) is 5.90. The lowest BCUT2D eigenvalue weighted by Gasteiger charge is -2.34. The quantitative estimate of drug-likeness (QED) is 0.915. The third-order valence-electron chi connectivity index (χ3n) is 3.74. The predicted molar refractivity (Wildman–Crippen MR) is 74.8 cm³/mol. The van der Waals surface area contributed by atoms with Gasteiger partial charge >= 0.3 is 0 Å². The molecular weight excluding hydrogens is 259 g/mol. The van der Waals surface area contributed by atoms with E-state index in [0.29, 0.717) is 12.5 Å². The molecule has 0 bridgehead atoms. The lowest BCUT2D eigenvalue weighted by molar-refractivity contribution is -0.135. The van der Waals surface area contributed by atoms with Gasteiger partial charge in [-0.3, -0.25) is 4.79 Å². The molecule has 1 amide bonds. The molecule has 5 heteroatoms. The summed E-state index contributed by atoms with van der Waals surface area (Å²) in [6.45, 7) is 3.22. The highest BCUT2D eigenvalue weighted by molar-refractivity contribution is 5.77. The molecule has 0 spiro atoms. The third-order valence-corrected chi connectivity index (χ3v) is 3.74. The fourth-order valence-electron chi connectivity index (χ4n) is 2.46. The highest BCUT2D eigenvalue weighted by atomic mass is 19.1. The SMILES string of the molecule is CC(N)C1CCCN(C(=O)COc2ccccc2F)C1.